The van der Waals surface area contributed by atoms with Gasteiger partial charge in [-0.1, -0.05) is 35.4 Å². The van der Waals surface area contributed by atoms with Gasteiger partial charge in [-0.15, -0.1) is 11.5 Å². The van der Waals surface area contributed by atoms with E-state index < -0.39 is 12.0 Å². The average Bonchev–Trinajstić information content (AvgIpc) is 3.25. The summed E-state index contributed by atoms with van der Waals surface area (Å²) in [5, 5.41) is 20.3. The summed E-state index contributed by atoms with van der Waals surface area (Å²) >= 11 is 0. The van der Waals surface area contributed by atoms with Gasteiger partial charge in [-0.05, 0) is 36.2 Å². The molecule has 0 saturated heterocycles. The van der Waals surface area contributed by atoms with Crippen molar-refractivity contribution in [1.29, 1.82) is 0 Å². The molecule has 0 bridgehead atoms. The van der Waals surface area contributed by atoms with Gasteiger partial charge in [-0.2, -0.15) is 0 Å². The lowest BCUT2D eigenvalue weighted by Crippen LogP contribution is -2.22. The maximum Gasteiger partial charge on any atom is 0.332 e. The molecule has 0 saturated carbocycles. The number of ether oxygens (including phenoxy) is 1. The lowest BCUT2D eigenvalue weighted by atomic mass is 10.0. The third-order valence-electron chi connectivity index (χ3n) is 4.42. The van der Waals surface area contributed by atoms with Gasteiger partial charge in [0.15, 0.2) is 6.04 Å². The van der Waals surface area contributed by atoms with Gasteiger partial charge in [0, 0.05) is 30.0 Å². The van der Waals surface area contributed by atoms with E-state index in [2.05, 4.69) is 21.5 Å². The largest absolute Gasteiger partial charge is 0.467 e. The molecular formula is C22H22N4O3. The number of nitrogens with zero attached hydrogens (tertiary/aromatic N) is 3. The predicted molar refractivity (Wildman–Crippen MR) is 110 cm³/mol. The molecule has 1 unspecified atom stereocenters. The number of carbonyl (C=O) groups is 1. The lowest BCUT2D eigenvalue weighted by Gasteiger charge is -2.18. The molecule has 1 atom stereocenters. The van der Waals surface area contributed by atoms with Crippen LogP contribution in [0.25, 0.3) is 11.3 Å². The highest BCUT2D eigenvalue weighted by molar-refractivity contribution is 5.81. The van der Waals surface area contributed by atoms with Gasteiger partial charge in [0.1, 0.15) is 5.69 Å². The summed E-state index contributed by atoms with van der Waals surface area (Å²) in [6.45, 7) is 0.727. The number of aliphatic hydroxyl groups excluding tert-OH is 1. The minimum absolute atomic E-state index is 0.113. The van der Waals surface area contributed by atoms with E-state index >= 15 is 0 Å². The Morgan fingerprint density at radius 2 is 1.97 bits per heavy atom. The fourth-order valence-electron chi connectivity index (χ4n) is 2.84. The molecule has 3 rings (SSSR count). The van der Waals surface area contributed by atoms with Crippen molar-refractivity contribution >= 4 is 11.7 Å². The van der Waals surface area contributed by atoms with E-state index in [4.69, 9.17) is 16.3 Å². The molecule has 148 valence electrons. The van der Waals surface area contributed by atoms with Gasteiger partial charge in [0.25, 0.3) is 0 Å². The van der Waals surface area contributed by atoms with Gasteiger partial charge in [0.05, 0.1) is 13.3 Å². The molecule has 3 aromatic rings. The Labute approximate surface area is 169 Å². The summed E-state index contributed by atoms with van der Waals surface area (Å²) in [6.07, 6.45) is 7.86. The summed E-state index contributed by atoms with van der Waals surface area (Å²) in [6, 6.07) is 14.1. The molecule has 0 amide bonds. The van der Waals surface area contributed by atoms with Crippen molar-refractivity contribution in [3.63, 3.8) is 0 Å². The maximum atomic E-state index is 12.3. The number of terminal acetylenes is 1. The highest BCUT2D eigenvalue weighted by Crippen LogP contribution is 2.24. The van der Waals surface area contributed by atoms with Crippen molar-refractivity contribution in [2.45, 2.75) is 19.0 Å². The summed E-state index contributed by atoms with van der Waals surface area (Å²) in [7, 11) is 1.36. The summed E-state index contributed by atoms with van der Waals surface area (Å²) in [4.78, 5) is 12.3. The van der Waals surface area contributed by atoms with E-state index in [0.29, 0.717) is 13.0 Å². The van der Waals surface area contributed by atoms with Crippen LogP contribution in [0.2, 0.25) is 0 Å². The first-order chi connectivity index (χ1) is 14.1. The van der Waals surface area contributed by atoms with Crippen LogP contribution in [0.15, 0.2) is 54.7 Å². The van der Waals surface area contributed by atoms with Crippen LogP contribution in [0.5, 0.6) is 0 Å². The monoisotopic (exact) mass is 390 g/mol. The zero-order valence-corrected chi connectivity index (χ0v) is 16.1. The van der Waals surface area contributed by atoms with Gasteiger partial charge < -0.3 is 15.2 Å². The number of methoxy groups -OCH3 is 1. The fraction of sp³-hybridized carbons (Fsp3) is 0.227. The van der Waals surface area contributed by atoms with Crippen LogP contribution in [0.4, 0.5) is 5.69 Å². The van der Waals surface area contributed by atoms with E-state index in [1.54, 1.807) is 16.8 Å². The van der Waals surface area contributed by atoms with Gasteiger partial charge >= 0.3 is 5.97 Å². The molecule has 7 nitrogen and oxygen atoms in total. The molecule has 1 heterocycles. The normalized spacial score (nSPS) is 11.5. The minimum Gasteiger partial charge on any atom is -0.467 e. The molecular weight excluding hydrogens is 368 g/mol. The van der Waals surface area contributed by atoms with Crippen LogP contribution in [-0.2, 0) is 16.1 Å². The topological polar surface area (TPSA) is 89.3 Å². The van der Waals surface area contributed by atoms with Gasteiger partial charge in [-0.3, -0.25) is 4.68 Å². The zero-order chi connectivity index (χ0) is 20.6. The second-order valence-electron chi connectivity index (χ2n) is 6.39. The highest BCUT2D eigenvalue weighted by Gasteiger charge is 2.21. The van der Waals surface area contributed by atoms with Crippen molar-refractivity contribution < 1.29 is 14.6 Å². The number of nitrogens with one attached hydrogen (secondary N) is 1. The van der Waals surface area contributed by atoms with E-state index in [9.17, 15) is 4.79 Å². The van der Waals surface area contributed by atoms with E-state index in [-0.39, 0.29) is 6.61 Å². The minimum atomic E-state index is -0.656. The molecule has 7 heteroatoms. The van der Waals surface area contributed by atoms with Crippen molar-refractivity contribution in [3.8, 4) is 23.6 Å². The van der Waals surface area contributed by atoms with E-state index in [0.717, 1.165) is 28.1 Å². The van der Waals surface area contributed by atoms with Crippen molar-refractivity contribution in [2.24, 2.45) is 0 Å². The Hall–Kier alpha value is -3.63. The third kappa shape index (κ3) is 5.00. The summed E-state index contributed by atoms with van der Waals surface area (Å²) in [5.41, 5.74) is 3.90. The molecule has 0 aliphatic heterocycles. The van der Waals surface area contributed by atoms with Crippen LogP contribution in [-0.4, -0.2) is 39.8 Å². The zero-order valence-electron chi connectivity index (χ0n) is 16.1. The van der Waals surface area contributed by atoms with Crippen molar-refractivity contribution in [2.75, 3.05) is 19.0 Å². The first-order valence-corrected chi connectivity index (χ1v) is 9.17. The quantitative estimate of drug-likeness (QED) is 0.454. The third-order valence-corrected chi connectivity index (χ3v) is 4.42. The molecule has 1 aromatic heterocycles. The van der Waals surface area contributed by atoms with E-state index in [1.807, 2.05) is 42.6 Å². The smallest absolute Gasteiger partial charge is 0.332 e. The van der Waals surface area contributed by atoms with Crippen LogP contribution < -0.4 is 5.32 Å². The Bertz CT molecular complexity index is 988. The number of hydrogen-bond donors (Lipinski definition) is 2. The Morgan fingerprint density at radius 1 is 1.24 bits per heavy atom. The molecule has 29 heavy (non-hydrogen) atoms. The van der Waals surface area contributed by atoms with Crippen LogP contribution in [0, 0.1) is 12.3 Å². The van der Waals surface area contributed by atoms with Crippen molar-refractivity contribution in [1.82, 2.24) is 15.0 Å². The molecule has 2 N–H and O–H groups in total. The number of aryl methyl sites for hydroxylation is 1. The lowest BCUT2D eigenvalue weighted by molar-refractivity contribution is -0.141. The van der Waals surface area contributed by atoms with Gasteiger partial charge in [0.2, 0.25) is 0 Å². The Morgan fingerprint density at radius 3 is 2.59 bits per heavy atom. The number of carbonyl (C=O) groups excluding carboxylic acids is 1. The standard InChI is InChI=1S/C22H22N4O3/c1-3-16-5-7-18(8-6-16)21(22(28)29-2)23-19-11-9-17(10-12-19)20-15-26(25-24-20)13-4-14-27/h1,5-12,15,21,23,27H,4,13-14H2,2H3. The predicted octanol–water partition coefficient (Wildman–Crippen LogP) is 2.64. The number of aromatic nitrogens is 3. The molecule has 0 radical (unpaired) electrons. The fourth-order valence-corrected chi connectivity index (χ4v) is 2.84. The van der Waals surface area contributed by atoms with Crippen LogP contribution in [0.1, 0.15) is 23.6 Å². The second kappa shape index (κ2) is 9.53. The highest BCUT2D eigenvalue weighted by atomic mass is 16.5. The molecule has 0 aliphatic carbocycles. The summed E-state index contributed by atoms with van der Waals surface area (Å²) < 4.78 is 6.64. The van der Waals surface area contributed by atoms with E-state index in [1.165, 1.54) is 7.11 Å². The number of anilines is 1. The van der Waals surface area contributed by atoms with Crippen LogP contribution in [0.3, 0.4) is 0 Å². The SMILES string of the molecule is C#Cc1ccc(C(Nc2ccc(-c3cn(CCCO)nn3)cc2)C(=O)OC)cc1. The number of benzene rings is 2. The molecule has 2 aromatic carbocycles. The van der Waals surface area contributed by atoms with Crippen LogP contribution >= 0.6 is 0 Å². The molecule has 0 fully saturated rings. The first-order valence-electron chi connectivity index (χ1n) is 9.17. The van der Waals surface area contributed by atoms with Gasteiger partial charge in [-0.25, -0.2) is 4.79 Å². The number of aliphatic hydroxyl groups is 1. The second-order valence-corrected chi connectivity index (χ2v) is 6.39. The molecule has 0 aliphatic rings. The Kier molecular flexibility index (Phi) is 6.61. The first kappa shape index (κ1) is 20.1. The number of hydrogen-bond acceptors (Lipinski definition) is 6. The molecule has 0 spiro atoms. The number of esters is 1. The Balaban J connectivity index is 1.75. The summed E-state index contributed by atoms with van der Waals surface area (Å²) in [5.74, 6) is 2.16. The average molecular weight is 390 g/mol. The number of rotatable bonds is 8. The van der Waals surface area contributed by atoms with Crippen molar-refractivity contribution in [3.05, 3.63) is 65.9 Å². The maximum absolute atomic E-state index is 12.3.